The Morgan fingerprint density at radius 3 is 2.38 bits per heavy atom. The predicted octanol–water partition coefficient (Wildman–Crippen LogP) is 3.24. The second-order valence-corrected chi connectivity index (χ2v) is 5.20. The quantitative estimate of drug-likeness (QED) is 0.588. The normalized spacial score (nSPS) is 10.7. The molecule has 24 heavy (non-hydrogen) atoms. The number of carbonyl (C=O) groups is 2. The molecule has 7 nitrogen and oxygen atoms in total. The Morgan fingerprint density at radius 2 is 1.71 bits per heavy atom. The average Bonchev–Trinajstić information content (AvgIpc) is 2.86. The van der Waals surface area contributed by atoms with E-state index in [4.69, 9.17) is 0 Å². The summed E-state index contributed by atoms with van der Waals surface area (Å²) in [5.74, 6) is -1.79. The van der Waals surface area contributed by atoms with Gasteiger partial charge in [0.15, 0.2) is 0 Å². The smallest absolute Gasteiger partial charge is 0.338 e. The molecule has 0 bridgehead atoms. The summed E-state index contributed by atoms with van der Waals surface area (Å²) in [5, 5.41) is 21.0. The minimum absolute atomic E-state index is 0.0116. The molecule has 0 aliphatic carbocycles. The summed E-state index contributed by atoms with van der Waals surface area (Å²) >= 11 is 0. The molecule has 1 heterocycles. The van der Waals surface area contributed by atoms with Crippen molar-refractivity contribution in [3.63, 3.8) is 0 Å². The second kappa shape index (κ2) is 5.62. The Kier molecular flexibility index (Phi) is 3.61. The number of nitrogens with zero attached hydrogens (tertiary/aromatic N) is 2. The summed E-state index contributed by atoms with van der Waals surface area (Å²) in [6.07, 6.45) is 0. The molecule has 3 rings (SSSR count). The molecule has 0 spiro atoms. The van der Waals surface area contributed by atoms with Crippen molar-refractivity contribution in [2.45, 2.75) is 6.92 Å². The van der Waals surface area contributed by atoms with Gasteiger partial charge in [0.2, 0.25) is 0 Å². The highest BCUT2D eigenvalue weighted by molar-refractivity contribution is 6.11. The number of carboxylic acids is 1. The number of aromatic nitrogens is 1. The van der Waals surface area contributed by atoms with E-state index in [1.165, 1.54) is 35.8 Å². The van der Waals surface area contributed by atoms with Crippen molar-refractivity contribution >= 4 is 28.5 Å². The Morgan fingerprint density at radius 1 is 1.08 bits per heavy atom. The van der Waals surface area contributed by atoms with Gasteiger partial charge in [-0.2, -0.15) is 0 Å². The first-order valence-corrected chi connectivity index (χ1v) is 7.05. The molecule has 0 amide bonds. The zero-order valence-electron chi connectivity index (χ0n) is 12.6. The van der Waals surface area contributed by atoms with Gasteiger partial charge in [-0.15, -0.1) is 0 Å². The molecule has 0 radical (unpaired) electrons. The van der Waals surface area contributed by atoms with Crippen LogP contribution >= 0.6 is 0 Å². The fourth-order valence-electron chi connectivity index (χ4n) is 2.83. The number of rotatable bonds is 3. The standard InChI is InChI=1S/C17H12N2O5/c1-10-15(17(21)22)11-6-2-4-8-13(11)18(10)16(20)12-7-3-5-9-14(12)19(23)24/h2-9H,1H3,(H,21,22). The third kappa shape index (κ3) is 2.23. The third-order valence-corrected chi connectivity index (χ3v) is 3.86. The molecule has 120 valence electrons. The van der Waals surface area contributed by atoms with Gasteiger partial charge in [0.05, 0.1) is 16.0 Å². The number of fused-ring (bicyclic) bond motifs is 1. The molecule has 1 N–H and O–H groups in total. The number of carboxylic acid groups (broad SMARTS) is 1. The monoisotopic (exact) mass is 324 g/mol. The third-order valence-electron chi connectivity index (χ3n) is 3.86. The summed E-state index contributed by atoms with van der Waals surface area (Å²) in [6.45, 7) is 1.51. The Balaban J connectivity index is 2.32. The van der Waals surface area contributed by atoms with Gasteiger partial charge in [-0.05, 0) is 19.1 Å². The van der Waals surface area contributed by atoms with Crippen LogP contribution in [-0.2, 0) is 0 Å². The molecule has 0 saturated heterocycles. The molecule has 7 heteroatoms. The first-order valence-electron chi connectivity index (χ1n) is 7.05. The van der Waals surface area contributed by atoms with Gasteiger partial charge in [0.1, 0.15) is 5.56 Å². The van der Waals surface area contributed by atoms with E-state index in [9.17, 15) is 24.8 Å². The van der Waals surface area contributed by atoms with Gasteiger partial charge in [0, 0.05) is 17.1 Å². The highest BCUT2D eigenvalue weighted by atomic mass is 16.6. The van der Waals surface area contributed by atoms with Gasteiger partial charge < -0.3 is 5.11 Å². The lowest BCUT2D eigenvalue weighted by atomic mass is 10.1. The average molecular weight is 324 g/mol. The van der Waals surface area contributed by atoms with Crippen LogP contribution in [-0.4, -0.2) is 26.5 Å². The lowest BCUT2D eigenvalue weighted by Crippen LogP contribution is -2.16. The largest absolute Gasteiger partial charge is 0.478 e. The fourth-order valence-corrected chi connectivity index (χ4v) is 2.83. The van der Waals surface area contributed by atoms with E-state index >= 15 is 0 Å². The van der Waals surface area contributed by atoms with Crippen LogP contribution in [0.2, 0.25) is 0 Å². The van der Waals surface area contributed by atoms with Crippen LogP contribution in [0.5, 0.6) is 0 Å². The van der Waals surface area contributed by atoms with Crippen molar-refractivity contribution in [2.24, 2.45) is 0 Å². The van der Waals surface area contributed by atoms with E-state index in [1.807, 2.05) is 0 Å². The van der Waals surface area contributed by atoms with E-state index in [0.717, 1.165) is 0 Å². The SMILES string of the molecule is Cc1c(C(=O)O)c2ccccc2n1C(=O)c1ccccc1[N+](=O)[O-]. The Hall–Kier alpha value is -3.48. The molecule has 2 aromatic carbocycles. The van der Waals surface area contributed by atoms with Crippen molar-refractivity contribution in [1.29, 1.82) is 0 Å². The Labute approximate surface area is 135 Å². The van der Waals surface area contributed by atoms with Gasteiger partial charge in [-0.3, -0.25) is 19.5 Å². The van der Waals surface area contributed by atoms with E-state index < -0.39 is 16.8 Å². The zero-order valence-corrected chi connectivity index (χ0v) is 12.6. The van der Waals surface area contributed by atoms with Crippen LogP contribution in [0.25, 0.3) is 10.9 Å². The number of para-hydroxylation sites is 2. The van der Waals surface area contributed by atoms with Crippen LogP contribution in [0.15, 0.2) is 48.5 Å². The van der Waals surface area contributed by atoms with E-state index in [1.54, 1.807) is 24.3 Å². The number of carbonyl (C=O) groups excluding carboxylic acids is 1. The molecule has 0 atom stereocenters. The molecule has 3 aromatic rings. The van der Waals surface area contributed by atoms with Crippen molar-refractivity contribution in [2.75, 3.05) is 0 Å². The zero-order chi connectivity index (χ0) is 17.4. The van der Waals surface area contributed by atoms with Gasteiger partial charge >= 0.3 is 5.97 Å². The topological polar surface area (TPSA) is 102 Å². The van der Waals surface area contributed by atoms with Crippen LogP contribution in [0, 0.1) is 17.0 Å². The van der Waals surface area contributed by atoms with Crippen molar-refractivity contribution in [3.05, 3.63) is 75.5 Å². The maximum absolute atomic E-state index is 12.9. The highest BCUT2D eigenvalue weighted by Gasteiger charge is 2.27. The molecule has 1 aromatic heterocycles. The molecular formula is C17H12N2O5. The van der Waals surface area contributed by atoms with E-state index in [2.05, 4.69) is 0 Å². The van der Waals surface area contributed by atoms with Crippen molar-refractivity contribution < 1.29 is 19.6 Å². The molecule has 0 fully saturated rings. The number of nitro groups is 1. The predicted molar refractivity (Wildman–Crippen MR) is 86.5 cm³/mol. The molecule has 0 aliphatic heterocycles. The lowest BCUT2D eigenvalue weighted by molar-refractivity contribution is -0.385. The number of benzene rings is 2. The Bertz CT molecular complexity index is 1000. The molecular weight excluding hydrogens is 312 g/mol. The number of nitro benzene ring substituents is 1. The minimum atomic E-state index is -1.15. The summed E-state index contributed by atoms with van der Waals surface area (Å²) in [6, 6.07) is 12.2. The van der Waals surface area contributed by atoms with Crippen molar-refractivity contribution in [3.8, 4) is 0 Å². The maximum Gasteiger partial charge on any atom is 0.338 e. The number of hydrogen-bond donors (Lipinski definition) is 1. The van der Waals surface area contributed by atoms with Crippen molar-refractivity contribution in [1.82, 2.24) is 4.57 Å². The van der Waals surface area contributed by atoms with Gasteiger partial charge in [-0.25, -0.2) is 4.79 Å². The van der Waals surface area contributed by atoms with Gasteiger partial charge in [-0.1, -0.05) is 30.3 Å². The summed E-state index contributed by atoms with van der Waals surface area (Å²) < 4.78 is 1.21. The van der Waals surface area contributed by atoms with Gasteiger partial charge in [0.25, 0.3) is 11.6 Å². The molecule has 0 unspecified atom stereocenters. The first kappa shape index (κ1) is 15.4. The highest BCUT2D eigenvalue weighted by Crippen LogP contribution is 2.28. The lowest BCUT2D eigenvalue weighted by Gasteiger charge is -2.07. The number of hydrogen-bond acceptors (Lipinski definition) is 4. The number of aromatic carboxylic acids is 1. The second-order valence-electron chi connectivity index (χ2n) is 5.20. The van der Waals surface area contributed by atoms with Crippen LogP contribution in [0.3, 0.4) is 0 Å². The molecule has 0 aliphatic rings. The summed E-state index contributed by atoms with van der Waals surface area (Å²) in [5.41, 5.74) is 0.222. The minimum Gasteiger partial charge on any atom is -0.478 e. The first-order chi connectivity index (χ1) is 11.4. The molecule has 0 saturated carbocycles. The van der Waals surface area contributed by atoms with Crippen LogP contribution in [0.1, 0.15) is 26.4 Å². The summed E-state index contributed by atoms with van der Waals surface area (Å²) in [7, 11) is 0. The van der Waals surface area contributed by atoms with Crippen LogP contribution < -0.4 is 0 Å². The fraction of sp³-hybridized carbons (Fsp3) is 0.0588. The van der Waals surface area contributed by atoms with E-state index in [-0.39, 0.29) is 22.5 Å². The summed E-state index contributed by atoms with van der Waals surface area (Å²) in [4.78, 5) is 35.0. The van der Waals surface area contributed by atoms with E-state index in [0.29, 0.717) is 10.9 Å². The maximum atomic E-state index is 12.9. The van der Waals surface area contributed by atoms with Crippen LogP contribution in [0.4, 0.5) is 5.69 Å².